The lowest BCUT2D eigenvalue weighted by Gasteiger charge is -2.40. The standard InChI is InChI=1S/C20H26F3N3O4/c1-3-19(4-2,18(28)30-12-21)25-16(27)14-7-8-15(26-10-20(22,23)11-26)17(24-14)29-9-13-5-6-13/h7-8,13H,3-6,9-12H2,1-2H3,(H,25,27)/i12D2. The van der Waals surface area contributed by atoms with Gasteiger partial charge >= 0.3 is 5.97 Å². The molecule has 1 saturated heterocycles. The SMILES string of the molecule is [2H]C([2H])(F)OC(=O)C(CC)(CC)NC(=O)c1ccc(N2CC(F)(F)C2)c(OCC2CC2)n1. The normalized spacial score (nSPS) is 19.3. The van der Waals surface area contributed by atoms with Crippen molar-refractivity contribution in [1.82, 2.24) is 10.3 Å². The Kier molecular flexibility index (Phi) is 5.63. The van der Waals surface area contributed by atoms with E-state index < -0.39 is 43.2 Å². The number of carbonyl (C=O) groups is 2. The zero-order valence-corrected chi connectivity index (χ0v) is 16.8. The number of nitrogens with one attached hydrogen (secondary N) is 1. The van der Waals surface area contributed by atoms with Crippen LogP contribution in [0, 0.1) is 5.92 Å². The van der Waals surface area contributed by atoms with E-state index >= 15 is 0 Å². The molecule has 1 saturated carbocycles. The van der Waals surface area contributed by atoms with Gasteiger partial charge in [0.05, 0.1) is 19.7 Å². The molecule has 3 rings (SSSR count). The van der Waals surface area contributed by atoms with Gasteiger partial charge in [0.25, 0.3) is 11.8 Å². The van der Waals surface area contributed by atoms with Crippen molar-refractivity contribution < 1.29 is 35.0 Å². The Labute approximate surface area is 175 Å². The fourth-order valence-corrected chi connectivity index (χ4v) is 3.25. The van der Waals surface area contributed by atoms with Gasteiger partial charge in [-0.2, -0.15) is 0 Å². The highest BCUT2D eigenvalue weighted by Crippen LogP contribution is 2.38. The van der Waals surface area contributed by atoms with Gasteiger partial charge in [0, 0.05) is 0 Å². The maximum atomic E-state index is 13.3. The number of esters is 1. The molecule has 1 aliphatic carbocycles. The largest absolute Gasteiger partial charge is 0.476 e. The van der Waals surface area contributed by atoms with Gasteiger partial charge in [-0.1, -0.05) is 13.8 Å². The monoisotopic (exact) mass is 431 g/mol. The van der Waals surface area contributed by atoms with E-state index in [1.807, 2.05) is 0 Å². The highest BCUT2D eigenvalue weighted by Gasteiger charge is 2.45. The zero-order chi connectivity index (χ0) is 23.7. The lowest BCUT2D eigenvalue weighted by Crippen LogP contribution is -2.56. The van der Waals surface area contributed by atoms with E-state index in [2.05, 4.69) is 15.0 Å². The molecule has 0 atom stereocenters. The van der Waals surface area contributed by atoms with Crippen molar-refractivity contribution in [1.29, 1.82) is 0 Å². The summed E-state index contributed by atoms with van der Waals surface area (Å²) in [6, 6.07) is 2.78. The van der Waals surface area contributed by atoms with Crippen LogP contribution in [0.2, 0.25) is 0 Å². The quantitative estimate of drug-likeness (QED) is 0.574. The highest BCUT2D eigenvalue weighted by atomic mass is 19.3. The molecule has 0 aromatic carbocycles. The molecule has 166 valence electrons. The fourth-order valence-electron chi connectivity index (χ4n) is 3.25. The van der Waals surface area contributed by atoms with Crippen molar-refractivity contribution in [2.75, 3.05) is 31.4 Å². The van der Waals surface area contributed by atoms with E-state index in [4.69, 9.17) is 7.48 Å². The summed E-state index contributed by atoms with van der Waals surface area (Å²) in [5, 5.41) is 2.46. The summed E-state index contributed by atoms with van der Waals surface area (Å²) in [6.45, 7) is -1.19. The predicted octanol–water partition coefficient (Wildman–Crippen LogP) is 3.08. The minimum absolute atomic E-state index is 0.0101. The topological polar surface area (TPSA) is 80.8 Å². The van der Waals surface area contributed by atoms with Gasteiger partial charge in [-0.3, -0.25) is 4.79 Å². The first kappa shape index (κ1) is 19.4. The number of ether oxygens (including phenoxy) is 2. The minimum atomic E-state index is -3.69. The number of aromatic nitrogens is 1. The first-order valence-corrected chi connectivity index (χ1v) is 9.89. The number of nitrogens with zero attached hydrogens (tertiary/aromatic N) is 2. The molecule has 1 amide bonds. The van der Waals surface area contributed by atoms with Crippen molar-refractivity contribution in [2.45, 2.75) is 51.0 Å². The lowest BCUT2D eigenvalue weighted by atomic mass is 9.92. The minimum Gasteiger partial charge on any atom is -0.476 e. The summed E-state index contributed by atoms with van der Waals surface area (Å²) in [5.41, 5.74) is -1.46. The summed E-state index contributed by atoms with van der Waals surface area (Å²) >= 11 is 0. The van der Waals surface area contributed by atoms with Gasteiger partial charge in [0.2, 0.25) is 12.7 Å². The first-order valence-electron chi connectivity index (χ1n) is 10.9. The number of carbonyl (C=O) groups excluding carboxylic acids is 2. The van der Waals surface area contributed by atoms with Crippen LogP contribution in [0.5, 0.6) is 5.88 Å². The second-order valence-corrected chi connectivity index (χ2v) is 7.70. The summed E-state index contributed by atoms with van der Waals surface area (Å²) < 4.78 is 63.4. The molecular formula is C20H26F3N3O4. The van der Waals surface area contributed by atoms with Crippen molar-refractivity contribution in [2.24, 2.45) is 5.92 Å². The number of hydrogen-bond acceptors (Lipinski definition) is 6. The molecule has 1 aliphatic heterocycles. The van der Waals surface area contributed by atoms with Gasteiger partial charge in [-0.05, 0) is 43.7 Å². The van der Waals surface area contributed by atoms with Crippen LogP contribution in [0.4, 0.5) is 18.9 Å². The lowest BCUT2D eigenvalue weighted by molar-refractivity contribution is -0.155. The Balaban J connectivity index is 1.81. The molecule has 0 spiro atoms. The van der Waals surface area contributed by atoms with Gasteiger partial charge < -0.3 is 19.7 Å². The molecule has 7 nitrogen and oxygen atoms in total. The van der Waals surface area contributed by atoms with E-state index in [1.54, 1.807) is 13.8 Å². The number of pyridine rings is 1. The molecule has 1 aromatic rings. The molecule has 30 heavy (non-hydrogen) atoms. The number of amides is 1. The third kappa shape index (κ3) is 4.79. The molecule has 1 N–H and O–H groups in total. The van der Waals surface area contributed by atoms with E-state index in [-0.39, 0.29) is 24.4 Å². The van der Waals surface area contributed by atoms with Crippen molar-refractivity contribution in [3.05, 3.63) is 17.8 Å². The second kappa shape index (κ2) is 8.69. The molecule has 1 aromatic heterocycles. The highest BCUT2D eigenvalue weighted by molar-refractivity contribution is 5.97. The molecule has 2 heterocycles. The van der Waals surface area contributed by atoms with Crippen LogP contribution in [0.3, 0.4) is 0 Å². The molecular weight excluding hydrogens is 403 g/mol. The molecule has 2 fully saturated rings. The van der Waals surface area contributed by atoms with E-state index in [0.717, 1.165) is 12.8 Å². The molecule has 0 unspecified atom stereocenters. The summed E-state index contributed by atoms with van der Waals surface area (Å²) in [6.07, 6.45) is 2.01. The van der Waals surface area contributed by atoms with E-state index in [1.165, 1.54) is 17.0 Å². The fraction of sp³-hybridized carbons (Fsp3) is 0.650. The van der Waals surface area contributed by atoms with Crippen LogP contribution in [-0.2, 0) is 9.53 Å². The summed E-state index contributed by atoms with van der Waals surface area (Å²) in [5.74, 6) is -4.44. The zero-order valence-electron chi connectivity index (χ0n) is 18.8. The number of halogens is 3. The van der Waals surface area contributed by atoms with Crippen LogP contribution in [0.1, 0.15) is 52.8 Å². The Morgan fingerprint density at radius 1 is 1.33 bits per heavy atom. The van der Waals surface area contributed by atoms with E-state index in [9.17, 15) is 22.8 Å². The number of anilines is 1. The van der Waals surface area contributed by atoms with Gasteiger partial charge in [0.15, 0.2) is 0 Å². The average molecular weight is 431 g/mol. The maximum Gasteiger partial charge on any atom is 0.334 e. The van der Waals surface area contributed by atoms with Crippen LogP contribution in [0.15, 0.2) is 12.1 Å². The van der Waals surface area contributed by atoms with Crippen LogP contribution in [-0.4, -0.2) is 54.8 Å². The smallest absolute Gasteiger partial charge is 0.334 e. The van der Waals surface area contributed by atoms with Crippen molar-refractivity contribution in [3.63, 3.8) is 0 Å². The molecule has 2 aliphatic rings. The van der Waals surface area contributed by atoms with Crippen molar-refractivity contribution >= 4 is 17.6 Å². The van der Waals surface area contributed by atoms with Crippen molar-refractivity contribution in [3.8, 4) is 5.88 Å². The molecule has 0 radical (unpaired) electrons. The Bertz CT molecular complexity index is 866. The van der Waals surface area contributed by atoms with Gasteiger partial charge in [0.1, 0.15) is 19.7 Å². The Morgan fingerprint density at radius 3 is 2.53 bits per heavy atom. The second-order valence-electron chi connectivity index (χ2n) is 7.70. The summed E-state index contributed by atoms with van der Waals surface area (Å²) in [4.78, 5) is 30.8. The first-order chi connectivity index (χ1) is 14.9. The third-order valence-corrected chi connectivity index (χ3v) is 5.49. The summed E-state index contributed by atoms with van der Waals surface area (Å²) in [7, 11) is 0. The van der Waals surface area contributed by atoms with Crippen LogP contribution in [0.25, 0.3) is 0 Å². The predicted molar refractivity (Wildman–Crippen MR) is 102 cm³/mol. The van der Waals surface area contributed by atoms with Crippen LogP contribution < -0.4 is 15.0 Å². The van der Waals surface area contributed by atoms with Gasteiger partial charge in [-0.15, -0.1) is 0 Å². The third-order valence-electron chi connectivity index (χ3n) is 5.49. The maximum absolute atomic E-state index is 13.3. The Morgan fingerprint density at radius 2 is 2.00 bits per heavy atom. The molecule has 10 heteroatoms. The van der Waals surface area contributed by atoms with E-state index in [0.29, 0.717) is 18.2 Å². The number of hydrogen-bond donors (Lipinski definition) is 1. The number of rotatable bonds is 10. The number of alkyl halides is 3. The van der Waals surface area contributed by atoms with Gasteiger partial charge in [-0.25, -0.2) is 22.9 Å². The average Bonchev–Trinajstić information content (AvgIpc) is 3.51. The Hall–Kier alpha value is -2.52. The van der Waals surface area contributed by atoms with Crippen LogP contribution >= 0.6 is 0 Å². The molecule has 0 bridgehead atoms.